The van der Waals surface area contributed by atoms with Gasteiger partial charge in [-0.15, -0.1) is 0 Å². The monoisotopic (exact) mass is 499 g/mol. The molecule has 2 saturated carbocycles. The van der Waals surface area contributed by atoms with Crippen molar-refractivity contribution in [1.29, 1.82) is 0 Å². The summed E-state index contributed by atoms with van der Waals surface area (Å²) >= 11 is 0. The molecule has 2 aliphatic carbocycles. The van der Waals surface area contributed by atoms with Gasteiger partial charge in [0.15, 0.2) is 0 Å². The minimum Gasteiger partial charge on any atom is -0.394 e. The van der Waals surface area contributed by atoms with Crippen LogP contribution in [0, 0.1) is 24.7 Å². The van der Waals surface area contributed by atoms with Crippen LogP contribution in [0.15, 0.2) is 23.4 Å². The Labute approximate surface area is 208 Å². The van der Waals surface area contributed by atoms with Gasteiger partial charge in [-0.1, -0.05) is 26.6 Å². The average Bonchev–Trinajstić information content (AvgIpc) is 3.71. The highest BCUT2D eigenvalue weighted by molar-refractivity contribution is 6.77. The maximum absolute atomic E-state index is 15.2. The van der Waals surface area contributed by atoms with Crippen molar-refractivity contribution in [1.82, 2.24) is 14.8 Å². The number of nitrogens with zero attached hydrogens (tertiary/aromatic N) is 3. The quantitative estimate of drug-likeness (QED) is 0.267. The number of halogens is 1. The molecule has 0 bridgehead atoms. The molecular weight excluding hydrogens is 461 g/mol. The number of amides is 1. The number of aromatic nitrogens is 3. The van der Waals surface area contributed by atoms with Crippen LogP contribution in [0.4, 0.5) is 10.2 Å². The molecule has 0 unspecified atom stereocenters. The number of allylic oxidation sites excluding steroid dienone is 1. The third kappa shape index (κ3) is 5.67. The molecular formula is C26H38FN5O2Si. The molecule has 4 rings (SSSR count). The van der Waals surface area contributed by atoms with Gasteiger partial charge in [-0.25, -0.2) is 9.67 Å². The summed E-state index contributed by atoms with van der Waals surface area (Å²) in [7, 11) is -1.44. The lowest BCUT2D eigenvalue weighted by atomic mass is 10.0. The van der Waals surface area contributed by atoms with E-state index < -0.39 is 19.9 Å². The zero-order chi connectivity index (χ0) is 25.5. The molecule has 2 aliphatic rings. The Morgan fingerprint density at radius 3 is 2.40 bits per heavy atom. The zero-order valence-electron chi connectivity index (χ0n) is 21.7. The first-order valence-electron chi connectivity index (χ1n) is 12.7. The number of anilines is 1. The lowest BCUT2D eigenvalue weighted by Crippen LogP contribution is -2.38. The molecule has 190 valence electrons. The van der Waals surface area contributed by atoms with Crippen LogP contribution in [0.3, 0.4) is 0 Å². The van der Waals surface area contributed by atoms with Gasteiger partial charge < -0.3 is 15.8 Å². The fourth-order valence-electron chi connectivity index (χ4n) is 4.45. The molecule has 0 saturated heterocycles. The number of aryl methyl sites for hydroxylation is 1. The Morgan fingerprint density at radius 1 is 1.26 bits per heavy atom. The largest absolute Gasteiger partial charge is 0.394 e. The van der Waals surface area contributed by atoms with Crippen molar-refractivity contribution < 1.29 is 13.9 Å². The summed E-state index contributed by atoms with van der Waals surface area (Å²) in [5.41, 5.74) is 10.4. The van der Waals surface area contributed by atoms with E-state index in [1.807, 2.05) is 18.5 Å². The number of carbonyl (C=O) groups is 1. The molecule has 0 spiro atoms. The summed E-state index contributed by atoms with van der Waals surface area (Å²) in [5, 5.41) is 7.32. The Hall–Kier alpha value is -2.52. The Balaban J connectivity index is 1.54. The second kappa shape index (κ2) is 9.85. The van der Waals surface area contributed by atoms with Gasteiger partial charge in [-0.05, 0) is 75.5 Å². The summed E-state index contributed by atoms with van der Waals surface area (Å²) in [6, 6.07) is 3.27. The van der Waals surface area contributed by atoms with Crippen molar-refractivity contribution in [2.45, 2.75) is 85.0 Å². The first-order valence-corrected chi connectivity index (χ1v) is 16.2. The molecule has 35 heavy (non-hydrogen) atoms. The molecule has 2 fully saturated rings. The second-order valence-corrected chi connectivity index (χ2v) is 16.5. The predicted octanol–water partition coefficient (Wildman–Crippen LogP) is 5.17. The highest BCUT2D eigenvalue weighted by Gasteiger charge is 2.39. The van der Waals surface area contributed by atoms with Crippen molar-refractivity contribution in [2.75, 3.05) is 5.32 Å². The molecule has 1 amide bonds. The summed E-state index contributed by atoms with van der Waals surface area (Å²) in [4.78, 5) is 16.8. The number of nitrogens with two attached hydrogens (primary N) is 1. The van der Waals surface area contributed by atoms with E-state index in [-0.39, 0.29) is 17.2 Å². The van der Waals surface area contributed by atoms with Gasteiger partial charge in [0.1, 0.15) is 12.5 Å². The highest BCUT2D eigenvalue weighted by Crippen LogP contribution is 2.49. The van der Waals surface area contributed by atoms with Crippen LogP contribution in [0.2, 0.25) is 19.6 Å². The van der Waals surface area contributed by atoms with Crippen molar-refractivity contribution in [3.05, 3.63) is 40.7 Å². The molecule has 0 radical (unpaired) electrons. The number of hydrogen-bond acceptors (Lipinski definition) is 5. The number of hydrogen-bond donors (Lipinski definition) is 2. The smallest absolute Gasteiger partial charge is 0.272 e. The molecule has 9 heteroatoms. The fourth-order valence-corrected chi connectivity index (χ4v) is 5.02. The SMILES string of the molecule is CCc1c(-c2ccc(NC(=O)C(N)=C(C3CC3)C3CC3)nc2F)c(C)nn1CO[C@H](C)[Si](C)(C)C. The maximum Gasteiger partial charge on any atom is 0.272 e. The normalized spacial score (nSPS) is 16.8. The van der Waals surface area contributed by atoms with E-state index in [4.69, 9.17) is 10.5 Å². The predicted molar refractivity (Wildman–Crippen MR) is 139 cm³/mol. The van der Waals surface area contributed by atoms with E-state index >= 15 is 4.39 Å². The third-order valence-electron chi connectivity index (χ3n) is 7.18. The van der Waals surface area contributed by atoms with Crippen LogP contribution in [0.25, 0.3) is 11.1 Å². The van der Waals surface area contributed by atoms with Gasteiger partial charge in [0.05, 0.1) is 19.5 Å². The van der Waals surface area contributed by atoms with Gasteiger partial charge >= 0.3 is 0 Å². The van der Waals surface area contributed by atoms with Gasteiger partial charge in [0.2, 0.25) is 5.95 Å². The zero-order valence-corrected chi connectivity index (χ0v) is 22.7. The van der Waals surface area contributed by atoms with E-state index in [1.165, 1.54) is 0 Å². The first-order chi connectivity index (χ1) is 16.5. The van der Waals surface area contributed by atoms with Crippen molar-refractivity contribution in [2.24, 2.45) is 17.6 Å². The average molecular weight is 500 g/mol. The molecule has 0 aromatic carbocycles. The van der Waals surface area contributed by atoms with Crippen LogP contribution in [0.1, 0.15) is 50.9 Å². The first kappa shape index (κ1) is 25.6. The molecule has 7 nitrogen and oxygen atoms in total. The van der Waals surface area contributed by atoms with Crippen LogP contribution in [-0.4, -0.2) is 34.5 Å². The minimum absolute atomic E-state index is 0.153. The topological polar surface area (TPSA) is 95.1 Å². The van der Waals surface area contributed by atoms with Crippen LogP contribution < -0.4 is 11.1 Å². The second-order valence-electron chi connectivity index (χ2n) is 11.0. The van der Waals surface area contributed by atoms with Crippen LogP contribution in [0.5, 0.6) is 0 Å². The lowest BCUT2D eigenvalue weighted by molar-refractivity contribution is -0.113. The van der Waals surface area contributed by atoms with Crippen molar-refractivity contribution in [3.8, 4) is 11.1 Å². The summed E-state index contributed by atoms with van der Waals surface area (Å²) < 4.78 is 23.2. The summed E-state index contributed by atoms with van der Waals surface area (Å²) in [5.74, 6) is -0.0235. The van der Waals surface area contributed by atoms with Gasteiger partial charge in [0.25, 0.3) is 5.91 Å². The van der Waals surface area contributed by atoms with E-state index in [0.29, 0.717) is 36.2 Å². The molecule has 3 N–H and O–H groups in total. The molecule has 2 aromatic rings. The molecule has 0 aliphatic heterocycles. The number of rotatable bonds is 10. The van der Waals surface area contributed by atoms with Crippen LogP contribution in [-0.2, 0) is 22.7 Å². The number of pyridine rings is 1. The standard InChI is InChI=1S/C26H38FN5O2Si/c1-7-20-22(15(2)31-32(20)14-34-16(3)35(4,5)6)19-12-13-21(29-25(19)27)30-26(33)24(28)23(17-8-9-17)18-10-11-18/h12-13,16-18H,7-11,14,28H2,1-6H3,(H,29,30,33)/t16-/m0/s1. The van der Waals surface area contributed by atoms with E-state index in [1.54, 1.807) is 12.1 Å². The number of carbonyl (C=O) groups excluding carboxylic acids is 1. The van der Waals surface area contributed by atoms with E-state index in [9.17, 15) is 4.79 Å². The third-order valence-corrected chi connectivity index (χ3v) is 9.79. The molecule has 2 aromatic heterocycles. The van der Waals surface area contributed by atoms with Gasteiger partial charge in [-0.2, -0.15) is 9.49 Å². The Bertz CT molecular complexity index is 1130. The minimum atomic E-state index is -1.44. The molecule has 2 heterocycles. The van der Waals surface area contributed by atoms with Gasteiger partial charge in [-0.3, -0.25) is 4.79 Å². The highest BCUT2D eigenvalue weighted by atomic mass is 28.3. The van der Waals surface area contributed by atoms with E-state index in [0.717, 1.165) is 42.5 Å². The fraction of sp³-hybridized carbons (Fsp3) is 0.577. The van der Waals surface area contributed by atoms with Crippen molar-refractivity contribution >= 4 is 19.8 Å². The molecule has 1 atom stereocenters. The lowest BCUT2D eigenvalue weighted by Gasteiger charge is -2.25. The van der Waals surface area contributed by atoms with Crippen molar-refractivity contribution in [3.63, 3.8) is 0 Å². The maximum atomic E-state index is 15.2. The number of ether oxygens (including phenoxy) is 1. The van der Waals surface area contributed by atoms with E-state index in [2.05, 4.69) is 42.0 Å². The van der Waals surface area contributed by atoms with Gasteiger partial charge in [0, 0.05) is 22.5 Å². The Morgan fingerprint density at radius 2 is 1.89 bits per heavy atom. The summed E-state index contributed by atoms with van der Waals surface area (Å²) in [6.07, 6.45) is 5.05. The number of nitrogens with one attached hydrogen (secondary N) is 1. The Kier molecular flexibility index (Phi) is 7.20. The van der Waals surface area contributed by atoms with Crippen LogP contribution >= 0.6 is 0 Å². The summed E-state index contributed by atoms with van der Waals surface area (Å²) in [6.45, 7) is 13.1.